The van der Waals surface area contributed by atoms with Crippen molar-refractivity contribution in [1.82, 2.24) is 5.32 Å². The zero-order valence-corrected chi connectivity index (χ0v) is 21.7. The van der Waals surface area contributed by atoms with E-state index in [4.69, 9.17) is 9.73 Å². The van der Waals surface area contributed by atoms with E-state index in [0.717, 1.165) is 50.3 Å². The number of hydrogen-bond acceptors (Lipinski definition) is 3. The highest BCUT2D eigenvalue weighted by molar-refractivity contribution is 6.00. The highest BCUT2D eigenvalue weighted by atomic mass is 16.5. The van der Waals surface area contributed by atoms with Crippen molar-refractivity contribution in [2.75, 3.05) is 20.2 Å². The van der Waals surface area contributed by atoms with Crippen LogP contribution in [0.25, 0.3) is 5.57 Å². The number of nitrogens with one attached hydrogen (secondary N) is 1. The summed E-state index contributed by atoms with van der Waals surface area (Å²) in [7, 11) is 1.95. The van der Waals surface area contributed by atoms with Crippen LogP contribution in [0.4, 0.5) is 0 Å². The quantitative estimate of drug-likeness (QED) is 0.395. The second kappa shape index (κ2) is 10.7. The third-order valence-corrected chi connectivity index (χ3v) is 8.66. The van der Waals surface area contributed by atoms with E-state index in [1.54, 1.807) is 11.1 Å². The monoisotopic (exact) mass is 470 g/mol. The van der Waals surface area contributed by atoms with Crippen LogP contribution in [-0.4, -0.2) is 31.4 Å². The molecule has 35 heavy (non-hydrogen) atoms. The molecule has 1 aliphatic heterocycles. The minimum absolute atomic E-state index is 0.0471. The van der Waals surface area contributed by atoms with Gasteiger partial charge in [0.15, 0.2) is 0 Å². The van der Waals surface area contributed by atoms with Crippen LogP contribution in [0.1, 0.15) is 86.5 Å². The van der Waals surface area contributed by atoms with Gasteiger partial charge in [0, 0.05) is 18.2 Å². The second-order valence-corrected chi connectivity index (χ2v) is 11.2. The Morgan fingerprint density at radius 2 is 1.94 bits per heavy atom. The Balaban J connectivity index is 1.25. The van der Waals surface area contributed by atoms with Gasteiger partial charge < -0.3 is 10.1 Å². The third-order valence-electron chi connectivity index (χ3n) is 8.66. The standard InChI is InChI=1S/C32H42N2O/c1-23-29-22-27(35-20-19-33-3)14-13-26(29)21-30(23)31-16-18-32(2,34-31)17-15-25-11-7-8-12-28(25)24-9-5-4-6-10-24/h7-8,11-14,22,24,30,33H,1,4-6,9-10,15-21H2,2-3H3. The maximum Gasteiger partial charge on any atom is 0.119 e. The van der Waals surface area contributed by atoms with Crippen molar-refractivity contribution in [3.8, 4) is 5.75 Å². The van der Waals surface area contributed by atoms with Crippen LogP contribution in [-0.2, 0) is 12.8 Å². The van der Waals surface area contributed by atoms with Gasteiger partial charge in [0.25, 0.3) is 0 Å². The molecule has 3 aliphatic rings. The fraction of sp³-hybridized carbons (Fsp3) is 0.531. The van der Waals surface area contributed by atoms with Crippen LogP contribution >= 0.6 is 0 Å². The summed E-state index contributed by atoms with van der Waals surface area (Å²) in [6.45, 7) is 8.42. The number of aryl methyl sites for hydroxylation is 1. The molecule has 1 N–H and O–H groups in total. The number of rotatable bonds is 9. The Morgan fingerprint density at radius 1 is 1.11 bits per heavy atom. The molecule has 2 aromatic rings. The third kappa shape index (κ3) is 5.40. The largest absolute Gasteiger partial charge is 0.492 e. The molecule has 3 heteroatoms. The average molecular weight is 471 g/mol. The maximum atomic E-state index is 5.91. The predicted octanol–water partition coefficient (Wildman–Crippen LogP) is 7.14. The van der Waals surface area contributed by atoms with E-state index in [9.17, 15) is 0 Å². The van der Waals surface area contributed by atoms with Gasteiger partial charge in [0.1, 0.15) is 12.4 Å². The Labute approximate surface area is 212 Å². The van der Waals surface area contributed by atoms with Crippen molar-refractivity contribution in [2.24, 2.45) is 10.9 Å². The molecule has 0 spiro atoms. The van der Waals surface area contributed by atoms with E-state index >= 15 is 0 Å². The van der Waals surface area contributed by atoms with Gasteiger partial charge in [-0.1, -0.05) is 56.2 Å². The molecule has 0 radical (unpaired) electrons. The van der Waals surface area contributed by atoms with Crippen molar-refractivity contribution >= 4 is 11.3 Å². The lowest BCUT2D eigenvalue weighted by molar-refractivity contribution is 0.318. The minimum atomic E-state index is 0.0471. The molecule has 2 aliphatic carbocycles. The van der Waals surface area contributed by atoms with Gasteiger partial charge in [-0.05, 0) is 105 Å². The van der Waals surface area contributed by atoms with E-state index < -0.39 is 0 Å². The predicted molar refractivity (Wildman–Crippen MR) is 148 cm³/mol. The van der Waals surface area contributed by atoms with Crippen LogP contribution in [0, 0.1) is 5.92 Å². The van der Waals surface area contributed by atoms with Gasteiger partial charge in [-0.15, -0.1) is 0 Å². The minimum Gasteiger partial charge on any atom is -0.492 e. The average Bonchev–Trinajstić information content (AvgIpc) is 3.44. The number of likely N-dealkylation sites (N-methyl/N-ethyl adjacent to an activating group) is 1. The van der Waals surface area contributed by atoms with Crippen molar-refractivity contribution < 1.29 is 4.74 Å². The highest BCUT2D eigenvalue weighted by Gasteiger charge is 2.37. The second-order valence-electron chi connectivity index (χ2n) is 11.2. The summed E-state index contributed by atoms with van der Waals surface area (Å²) >= 11 is 0. The van der Waals surface area contributed by atoms with Crippen LogP contribution in [0.5, 0.6) is 5.75 Å². The first-order valence-corrected chi connectivity index (χ1v) is 13.8. The molecule has 0 amide bonds. The Bertz CT molecular complexity index is 1080. The first-order valence-electron chi connectivity index (χ1n) is 13.8. The molecule has 2 unspecified atom stereocenters. The Morgan fingerprint density at radius 3 is 2.77 bits per heavy atom. The van der Waals surface area contributed by atoms with Gasteiger partial charge in [0.05, 0.1) is 5.54 Å². The van der Waals surface area contributed by atoms with Crippen molar-refractivity contribution in [3.05, 3.63) is 71.3 Å². The molecule has 2 atom stereocenters. The van der Waals surface area contributed by atoms with Crippen LogP contribution in [0.2, 0.25) is 0 Å². The topological polar surface area (TPSA) is 33.6 Å². The van der Waals surface area contributed by atoms with Crippen molar-refractivity contribution in [1.29, 1.82) is 0 Å². The Kier molecular flexibility index (Phi) is 7.43. The number of benzene rings is 2. The number of hydrogen-bond donors (Lipinski definition) is 1. The van der Waals surface area contributed by atoms with E-state index in [0.29, 0.717) is 12.5 Å². The summed E-state index contributed by atoms with van der Waals surface area (Å²) in [5, 5.41) is 3.13. The fourth-order valence-electron chi connectivity index (χ4n) is 6.51. The van der Waals surface area contributed by atoms with Crippen molar-refractivity contribution in [3.63, 3.8) is 0 Å². The number of nitrogens with zero attached hydrogens (tertiary/aromatic N) is 1. The fourth-order valence-corrected chi connectivity index (χ4v) is 6.51. The molecule has 2 aromatic carbocycles. The summed E-state index contributed by atoms with van der Waals surface area (Å²) in [6, 6.07) is 15.8. The number of ether oxygens (including phenoxy) is 1. The van der Waals surface area contributed by atoms with Crippen LogP contribution in [0.3, 0.4) is 0 Å². The number of allylic oxidation sites excluding steroid dienone is 1. The lowest BCUT2D eigenvalue weighted by atomic mass is 9.80. The molecular weight excluding hydrogens is 428 g/mol. The first kappa shape index (κ1) is 24.3. The summed E-state index contributed by atoms with van der Waals surface area (Å²) in [5.41, 5.74) is 8.48. The zero-order valence-electron chi connectivity index (χ0n) is 21.7. The summed E-state index contributed by atoms with van der Waals surface area (Å²) < 4.78 is 5.91. The van der Waals surface area contributed by atoms with Gasteiger partial charge in [-0.3, -0.25) is 4.99 Å². The summed E-state index contributed by atoms with van der Waals surface area (Å²) in [5.74, 6) is 2.06. The van der Waals surface area contributed by atoms with Gasteiger partial charge in [0.2, 0.25) is 0 Å². The number of aliphatic imine (C=N–C) groups is 1. The Hall–Kier alpha value is -2.39. The van der Waals surface area contributed by atoms with E-state index in [-0.39, 0.29) is 5.54 Å². The molecular formula is C32H42N2O. The normalized spacial score (nSPS) is 24.5. The molecule has 0 saturated heterocycles. The van der Waals surface area contributed by atoms with E-state index in [1.165, 1.54) is 54.5 Å². The lowest BCUT2D eigenvalue weighted by Crippen LogP contribution is -2.20. The molecule has 0 aromatic heterocycles. The molecule has 1 fully saturated rings. The SMILES string of the molecule is C=C1c2cc(OCCNC)ccc2CC1C1=NC(C)(CCc2ccccc2C2CCCCC2)CC1. The lowest BCUT2D eigenvalue weighted by Gasteiger charge is -2.26. The maximum absolute atomic E-state index is 5.91. The molecule has 0 bridgehead atoms. The van der Waals surface area contributed by atoms with Gasteiger partial charge >= 0.3 is 0 Å². The molecule has 186 valence electrons. The molecule has 5 rings (SSSR count). The van der Waals surface area contributed by atoms with E-state index in [1.807, 2.05) is 7.05 Å². The van der Waals surface area contributed by atoms with Crippen molar-refractivity contribution in [2.45, 2.75) is 82.6 Å². The smallest absolute Gasteiger partial charge is 0.119 e. The van der Waals surface area contributed by atoms with Crippen LogP contribution < -0.4 is 10.1 Å². The zero-order chi connectivity index (χ0) is 24.3. The first-order chi connectivity index (χ1) is 17.1. The van der Waals surface area contributed by atoms with Gasteiger partial charge in [-0.2, -0.15) is 0 Å². The molecule has 1 saturated carbocycles. The van der Waals surface area contributed by atoms with Gasteiger partial charge in [-0.25, -0.2) is 0 Å². The number of fused-ring (bicyclic) bond motifs is 1. The summed E-state index contributed by atoms with van der Waals surface area (Å²) in [6.07, 6.45) is 12.5. The highest BCUT2D eigenvalue weighted by Crippen LogP contribution is 2.43. The van der Waals surface area contributed by atoms with Crippen LogP contribution in [0.15, 0.2) is 54.0 Å². The van der Waals surface area contributed by atoms with E-state index in [2.05, 4.69) is 61.3 Å². The summed E-state index contributed by atoms with van der Waals surface area (Å²) in [4.78, 5) is 5.39. The molecule has 1 heterocycles. The molecule has 3 nitrogen and oxygen atoms in total.